The van der Waals surface area contributed by atoms with Gasteiger partial charge in [-0.1, -0.05) is 218 Å². The Hall–Kier alpha value is -8.91. The predicted octanol–water partition coefficient (Wildman–Crippen LogP) is 11.0. The summed E-state index contributed by atoms with van der Waals surface area (Å²) in [7, 11) is 0. The number of hydrogen-bond acceptors (Lipinski definition) is 9. The SMILES string of the molecule is O=C(Nc1nc(NC(=O)c2ccccc2)c2ncn([C@@H]3O[C@H](COC(c4ccccc4)(c4ccccc4)c4ccccc4)[C@@H](O)[C@H]3OC(c3ccccc3)(c3ccccc3)c3ccccc3)c2n1)c1ccccc1. The minimum Gasteiger partial charge on any atom is -0.387 e. The van der Waals surface area contributed by atoms with Crippen LogP contribution in [0, 0.1) is 0 Å². The minimum atomic E-state index is -1.36. The van der Waals surface area contributed by atoms with Crippen molar-refractivity contribution >= 4 is 34.7 Å². The monoisotopic (exact) mass is 974 g/mol. The zero-order valence-electron chi connectivity index (χ0n) is 40.0. The highest BCUT2D eigenvalue weighted by molar-refractivity contribution is 6.08. The molecule has 0 radical (unpaired) electrons. The number of rotatable bonds is 16. The second-order valence-corrected chi connectivity index (χ2v) is 17.9. The molecule has 3 heterocycles. The number of amides is 2. The van der Waals surface area contributed by atoms with E-state index < -0.39 is 47.6 Å². The average molecular weight is 975 g/mol. The minimum absolute atomic E-state index is 0.0347. The first-order valence-electron chi connectivity index (χ1n) is 24.4. The van der Waals surface area contributed by atoms with E-state index in [2.05, 4.69) is 15.6 Å². The normalized spacial score (nSPS) is 16.7. The Kier molecular flexibility index (Phi) is 13.5. The van der Waals surface area contributed by atoms with Crippen LogP contribution in [0.4, 0.5) is 11.8 Å². The maximum Gasteiger partial charge on any atom is 0.258 e. The molecule has 1 aliphatic rings. The molecule has 0 spiro atoms. The van der Waals surface area contributed by atoms with Crippen molar-refractivity contribution in [3.63, 3.8) is 0 Å². The van der Waals surface area contributed by atoms with Crippen LogP contribution in [0.25, 0.3) is 11.2 Å². The molecule has 4 atom stereocenters. The van der Waals surface area contributed by atoms with Crippen LogP contribution in [0.5, 0.6) is 0 Å². The molecule has 364 valence electrons. The summed E-state index contributed by atoms with van der Waals surface area (Å²) in [6.07, 6.45) is -3.21. The molecule has 0 aliphatic carbocycles. The fraction of sp³-hybridized carbons (Fsp3) is 0.113. The zero-order valence-corrected chi connectivity index (χ0v) is 40.0. The molecule has 3 N–H and O–H groups in total. The molecule has 1 aliphatic heterocycles. The lowest BCUT2D eigenvalue weighted by atomic mass is 9.79. The van der Waals surface area contributed by atoms with E-state index in [0.717, 1.165) is 33.4 Å². The first-order valence-corrected chi connectivity index (χ1v) is 24.4. The number of imidazole rings is 1. The third-order valence-corrected chi connectivity index (χ3v) is 13.4. The largest absolute Gasteiger partial charge is 0.387 e. The van der Waals surface area contributed by atoms with E-state index >= 15 is 0 Å². The van der Waals surface area contributed by atoms with Gasteiger partial charge in [0.15, 0.2) is 23.2 Å². The molecule has 1 fully saturated rings. The maximum atomic E-state index is 13.9. The van der Waals surface area contributed by atoms with Crippen molar-refractivity contribution in [2.24, 2.45) is 0 Å². The van der Waals surface area contributed by atoms with Gasteiger partial charge in [-0.3, -0.25) is 19.5 Å². The van der Waals surface area contributed by atoms with Gasteiger partial charge in [-0.15, -0.1) is 0 Å². The number of fused-ring (bicyclic) bond motifs is 1. The number of aromatic nitrogens is 4. The number of hydrogen-bond donors (Lipinski definition) is 3. The van der Waals surface area contributed by atoms with E-state index in [0.29, 0.717) is 11.1 Å². The molecule has 0 unspecified atom stereocenters. The van der Waals surface area contributed by atoms with Gasteiger partial charge in [0, 0.05) is 11.1 Å². The van der Waals surface area contributed by atoms with Crippen molar-refractivity contribution in [3.8, 4) is 0 Å². The third-order valence-electron chi connectivity index (χ3n) is 13.4. The molecule has 8 aromatic carbocycles. The van der Waals surface area contributed by atoms with Crippen LogP contribution in [-0.2, 0) is 25.4 Å². The number of aliphatic hydroxyl groups is 1. The zero-order chi connectivity index (χ0) is 50.3. The van der Waals surface area contributed by atoms with Gasteiger partial charge < -0.3 is 24.6 Å². The van der Waals surface area contributed by atoms with E-state index in [9.17, 15) is 14.7 Å². The Morgan fingerprint density at radius 2 is 0.892 bits per heavy atom. The maximum absolute atomic E-state index is 13.9. The van der Waals surface area contributed by atoms with Gasteiger partial charge in [0.1, 0.15) is 29.5 Å². The first kappa shape index (κ1) is 47.4. The van der Waals surface area contributed by atoms with Crippen molar-refractivity contribution in [1.82, 2.24) is 19.5 Å². The summed E-state index contributed by atoms with van der Waals surface area (Å²) >= 11 is 0. The Labute approximate surface area is 427 Å². The number of aliphatic hydroxyl groups excluding tert-OH is 1. The number of anilines is 2. The standard InChI is InChI=1S/C62H50N6O6/c69-53-51(41-72-61(45-29-13-3-14-30-45,46-31-15-4-16-32-46)47-33-17-5-18-34-47)73-59(54(53)74-62(48-35-19-6-20-36-48,49-37-21-7-22-38-49)50-39-23-8-24-40-50)68-42-63-52-55(64-57(70)43-25-9-1-10-26-43)65-60(66-56(52)68)67-58(71)44-27-11-2-12-28-44/h1-40,42,51,53-54,59,69H,41H2,(H2,64,65,66,67,70,71)/t51-,53-,54-,59-/m1/s1. The van der Waals surface area contributed by atoms with Crippen LogP contribution in [0.1, 0.15) is 60.3 Å². The van der Waals surface area contributed by atoms with Crippen molar-refractivity contribution < 1.29 is 28.9 Å². The lowest BCUT2D eigenvalue weighted by Gasteiger charge is -2.40. The first-order chi connectivity index (χ1) is 36.4. The van der Waals surface area contributed by atoms with Crippen LogP contribution in [0.2, 0.25) is 0 Å². The van der Waals surface area contributed by atoms with Crippen LogP contribution in [-0.4, -0.2) is 61.4 Å². The predicted molar refractivity (Wildman–Crippen MR) is 283 cm³/mol. The molecule has 2 aromatic heterocycles. The number of benzene rings is 8. The Morgan fingerprint density at radius 3 is 1.31 bits per heavy atom. The van der Waals surface area contributed by atoms with Gasteiger partial charge in [0.25, 0.3) is 11.8 Å². The molecule has 0 saturated carbocycles. The summed E-state index contributed by atoms with van der Waals surface area (Å²) in [6, 6.07) is 77.1. The summed E-state index contributed by atoms with van der Waals surface area (Å²) < 4.78 is 23.9. The fourth-order valence-electron chi connectivity index (χ4n) is 9.89. The molecular weight excluding hydrogens is 925 g/mol. The topological polar surface area (TPSA) is 150 Å². The number of ether oxygens (including phenoxy) is 3. The molecule has 12 heteroatoms. The van der Waals surface area contributed by atoms with Crippen LogP contribution >= 0.6 is 0 Å². The number of nitrogens with zero attached hydrogens (tertiary/aromatic N) is 4. The molecule has 11 rings (SSSR count). The van der Waals surface area contributed by atoms with Crippen molar-refractivity contribution in [2.75, 3.05) is 17.2 Å². The lowest BCUT2D eigenvalue weighted by Crippen LogP contribution is -2.45. The number of carbonyl (C=O) groups excluding carboxylic acids is 2. The lowest BCUT2D eigenvalue weighted by molar-refractivity contribution is -0.122. The van der Waals surface area contributed by atoms with Crippen LogP contribution in [0.3, 0.4) is 0 Å². The summed E-state index contributed by atoms with van der Waals surface area (Å²) in [6.45, 7) is -0.121. The van der Waals surface area contributed by atoms with Gasteiger partial charge in [0.2, 0.25) is 5.95 Å². The van der Waals surface area contributed by atoms with Crippen LogP contribution in [0.15, 0.2) is 249 Å². The summed E-state index contributed by atoms with van der Waals surface area (Å²) in [4.78, 5) is 42.0. The molecule has 12 nitrogen and oxygen atoms in total. The van der Waals surface area contributed by atoms with E-state index in [1.807, 2.05) is 194 Å². The Balaban J connectivity index is 1.08. The fourth-order valence-corrected chi connectivity index (χ4v) is 9.89. The summed E-state index contributed by atoms with van der Waals surface area (Å²) in [5, 5.41) is 18.9. The molecule has 2 amide bonds. The molecule has 0 bridgehead atoms. The van der Waals surface area contributed by atoms with Crippen molar-refractivity contribution in [1.29, 1.82) is 0 Å². The Morgan fingerprint density at radius 1 is 0.514 bits per heavy atom. The van der Waals surface area contributed by atoms with Crippen LogP contribution < -0.4 is 10.6 Å². The van der Waals surface area contributed by atoms with Gasteiger partial charge >= 0.3 is 0 Å². The van der Waals surface area contributed by atoms with Crippen molar-refractivity contribution in [3.05, 3.63) is 293 Å². The Bertz CT molecular complexity index is 3270. The van der Waals surface area contributed by atoms with E-state index in [1.165, 1.54) is 6.33 Å². The van der Waals surface area contributed by atoms with Gasteiger partial charge in [0.05, 0.1) is 12.9 Å². The van der Waals surface area contributed by atoms with Gasteiger partial charge in [-0.05, 0) is 57.6 Å². The van der Waals surface area contributed by atoms with E-state index in [4.69, 9.17) is 24.2 Å². The number of carbonyl (C=O) groups is 2. The number of nitrogens with one attached hydrogen (secondary N) is 2. The molecular formula is C62H50N6O6. The highest BCUT2D eigenvalue weighted by Crippen LogP contribution is 2.47. The third kappa shape index (κ3) is 9.14. The van der Waals surface area contributed by atoms with E-state index in [1.54, 1.807) is 53.1 Å². The molecule has 10 aromatic rings. The quantitative estimate of drug-likeness (QED) is 0.0804. The average Bonchev–Trinajstić information content (AvgIpc) is 4.04. The molecule has 1 saturated heterocycles. The second-order valence-electron chi connectivity index (χ2n) is 17.9. The highest BCUT2D eigenvalue weighted by atomic mass is 16.6. The smallest absolute Gasteiger partial charge is 0.258 e. The summed E-state index contributed by atoms with van der Waals surface area (Å²) in [5.74, 6) is -1.01. The van der Waals surface area contributed by atoms with Crippen molar-refractivity contribution in [2.45, 2.75) is 35.7 Å². The molecule has 74 heavy (non-hydrogen) atoms. The van der Waals surface area contributed by atoms with E-state index in [-0.39, 0.29) is 29.5 Å². The second kappa shape index (κ2) is 21.0. The summed E-state index contributed by atoms with van der Waals surface area (Å²) in [5.41, 5.74) is 3.65. The van der Waals surface area contributed by atoms with Gasteiger partial charge in [-0.2, -0.15) is 9.97 Å². The highest BCUT2D eigenvalue weighted by Gasteiger charge is 2.53. The van der Waals surface area contributed by atoms with Gasteiger partial charge in [-0.25, -0.2) is 4.98 Å².